The molecule has 3 rings (SSSR count). The molecule has 0 saturated carbocycles. The molecule has 2 aromatic carbocycles. The largest absolute Gasteiger partial charge is 0.334 e. The average Bonchev–Trinajstić information content (AvgIpc) is 3.16. The van der Waals surface area contributed by atoms with E-state index in [1.807, 2.05) is 53.2 Å². The van der Waals surface area contributed by atoms with Gasteiger partial charge >= 0.3 is 6.03 Å². The molecule has 0 bridgehead atoms. The molecular weight excluding hydrogens is 396 g/mol. The zero-order chi connectivity index (χ0) is 19.9. The number of urea groups is 1. The van der Waals surface area contributed by atoms with Crippen molar-refractivity contribution in [3.8, 4) is 5.69 Å². The van der Waals surface area contributed by atoms with Crippen LogP contribution in [0, 0.1) is 0 Å². The first-order valence-corrected chi connectivity index (χ1v) is 9.87. The van der Waals surface area contributed by atoms with E-state index in [9.17, 15) is 9.59 Å². The van der Waals surface area contributed by atoms with Crippen molar-refractivity contribution >= 4 is 35.3 Å². The number of amides is 3. The van der Waals surface area contributed by atoms with Crippen molar-refractivity contribution in [2.24, 2.45) is 0 Å². The second-order valence-electron chi connectivity index (χ2n) is 5.97. The van der Waals surface area contributed by atoms with Crippen LogP contribution in [-0.2, 0) is 11.3 Å². The van der Waals surface area contributed by atoms with Gasteiger partial charge in [-0.25, -0.2) is 9.78 Å². The molecule has 2 N–H and O–H groups in total. The van der Waals surface area contributed by atoms with Crippen molar-refractivity contribution in [3.63, 3.8) is 0 Å². The minimum absolute atomic E-state index is 0.350. The van der Waals surface area contributed by atoms with Gasteiger partial charge < -0.3 is 5.32 Å². The van der Waals surface area contributed by atoms with Crippen LogP contribution < -0.4 is 10.6 Å². The molecule has 8 heteroatoms. The number of benzene rings is 2. The van der Waals surface area contributed by atoms with Gasteiger partial charge in [0.15, 0.2) is 5.16 Å². The number of rotatable bonds is 6. The first-order valence-electron chi connectivity index (χ1n) is 8.61. The Labute approximate surface area is 172 Å². The summed E-state index contributed by atoms with van der Waals surface area (Å²) in [5.74, 6) is -0.388. The Bertz CT molecular complexity index is 944. The lowest BCUT2D eigenvalue weighted by molar-refractivity contribution is -0.119. The maximum atomic E-state index is 12.3. The van der Waals surface area contributed by atoms with Crippen LogP contribution in [0.3, 0.4) is 0 Å². The smallest absolute Gasteiger partial charge is 0.321 e. The maximum absolute atomic E-state index is 12.3. The Hall–Kier alpha value is -2.77. The van der Waals surface area contributed by atoms with Crippen molar-refractivity contribution in [3.05, 3.63) is 77.6 Å². The Morgan fingerprint density at radius 1 is 1.14 bits per heavy atom. The van der Waals surface area contributed by atoms with Gasteiger partial charge in [0.2, 0.25) is 5.91 Å². The van der Waals surface area contributed by atoms with Crippen molar-refractivity contribution < 1.29 is 9.59 Å². The van der Waals surface area contributed by atoms with Crippen molar-refractivity contribution in [2.45, 2.75) is 23.9 Å². The molecule has 3 amide bonds. The molecule has 1 aromatic heterocycles. The van der Waals surface area contributed by atoms with Crippen LogP contribution in [0.25, 0.3) is 5.69 Å². The molecule has 0 aliphatic carbocycles. The summed E-state index contributed by atoms with van der Waals surface area (Å²) in [5.41, 5.74) is 1.84. The first kappa shape index (κ1) is 20.0. The first-order chi connectivity index (χ1) is 13.5. The van der Waals surface area contributed by atoms with E-state index in [1.54, 1.807) is 25.3 Å². The summed E-state index contributed by atoms with van der Waals surface area (Å²) >= 11 is 7.20. The fourth-order valence-corrected chi connectivity index (χ4v) is 3.43. The number of thioether (sulfide) groups is 1. The number of imide groups is 1. The molecule has 0 aliphatic rings. The van der Waals surface area contributed by atoms with Crippen molar-refractivity contribution in [1.29, 1.82) is 0 Å². The van der Waals surface area contributed by atoms with E-state index >= 15 is 0 Å². The fourth-order valence-electron chi connectivity index (χ4n) is 2.42. The molecule has 1 heterocycles. The highest BCUT2D eigenvalue weighted by atomic mass is 35.5. The lowest BCUT2D eigenvalue weighted by Crippen LogP contribution is -2.42. The maximum Gasteiger partial charge on any atom is 0.321 e. The molecule has 3 aromatic rings. The van der Waals surface area contributed by atoms with E-state index in [4.69, 9.17) is 11.6 Å². The zero-order valence-electron chi connectivity index (χ0n) is 15.1. The van der Waals surface area contributed by atoms with Gasteiger partial charge in [-0.05, 0) is 36.8 Å². The third-order valence-electron chi connectivity index (χ3n) is 3.90. The van der Waals surface area contributed by atoms with Crippen molar-refractivity contribution in [2.75, 3.05) is 0 Å². The summed E-state index contributed by atoms with van der Waals surface area (Å²) in [6.07, 6.45) is 3.47. The van der Waals surface area contributed by atoms with Gasteiger partial charge in [0.05, 0.1) is 5.25 Å². The highest BCUT2D eigenvalue weighted by molar-refractivity contribution is 8.00. The van der Waals surface area contributed by atoms with Gasteiger partial charge in [-0.1, -0.05) is 53.7 Å². The number of carbonyl (C=O) groups is 2. The van der Waals surface area contributed by atoms with Crippen LogP contribution >= 0.6 is 23.4 Å². The third-order valence-corrected chi connectivity index (χ3v) is 5.23. The SMILES string of the molecule is C[C@@H](Sc1nccn1-c1ccc(Cl)cc1)C(=O)NC(=O)NCc1ccccc1. The van der Waals surface area contributed by atoms with Crippen LogP contribution in [0.2, 0.25) is 5.02 Å². The summed E-state index contributed by atoms with van der Waals surface area (Å²) in [4.78, 5) is 28.6. The van der Waals surface area contributed by atoms with Crippen molar-refractivity contribution in [1.82, 2.24) is 20.2 Å². The molecule has 144 valence electrons. The van der Waals surface area contributed by atoms with E-state index in [0.717, 1.165) is 11.3 Å². The Balaban J connectivity index is 1.55. The molecule has 0 aliphatic heterocycles. The molecule has 6 nitrogen and oxygen atoms in total. The molecule has 0 radical (unpaired) electrons. The molecule has 28 heavy (non-hydrogen) atoms. The number of hydrogen-bond donors (Lipinski definition) is 2. The topological polar surface area (TPSA) is 76.0 Å². The average molecular weight is 415 g/mol. The highest BCUT2D eigenvalue weighted by Gasteiger charge is 2.19. The molecule has 0 fully saturated rings. The van der Waals surface area contributed by atoms with Gasteiger partial charge in [0.1, 0.15) is 0 Å². The van der Waals surface area contributed by atoms with Gasteiger partial charge in [-0.3, -0.25) is 14.7 Å². The van der Waals surface area contributed by atoms with Gasteiger partial charge in [-0.15, -0.1) is 0 Å². The summed E-state index contributed by atoms with van der Waals surface area (Å²) in [6, 6.07) is 16.3. The molecule has 0 spiro atoms. The van der Waals surface area contributed by atoms with Crippen LogP contribution in [0.1, 0.15) is 12.5 Å². The molecular formula is C20H19ClN4O2S. The zero-order valence-corrected chi connectivity index (χ0v) is 16.7. The predicted octanol–water partition coefficient (Wildman–Crippen LogP) is 4.03. The standard InChI is InChI=1S/C20H19ClN4O2S/c1-14(18(26)24-19(27)23-13-15-5-3-2-4-6-15)28-20-22-11-12-25(20)17-9-7-16(21)8-10-17/h2-12,14H,13H2,1H3,(H2,23,24,26,27)/t14-/m1/s1. The lowest BCUT2D eigenvalue weighted by atomic mass is 10.2. The summed E-state index contributed by atoms with van der Waals surface area (Å²) in [7, 11) is 0. The monoisotopic (exact) mass is 414 g/mol. The fraction of sp³-hybridized carbons (Fsp3) is 0.150. The Morgan fingerprint density at radius 3 is 2.57 bits per heavy atom. The lowest BCUT2D eigenvalue weighted by Gasteiger charge is -2.13. The van der Waals surface area contributed by atoms with E-state index < -0.39 is 11.3 Å². The predicted molar refractivity (Wildman–Crippen MR) is 111 cm³/mol. The molecule has 0 saturated heterocycles. The van der Waals surface area contributed by atoms with E-state index in [2.05, 4.69) is 15.6 Å². The van der Waals surface area contributed by atoms with E-state index in [-0.39, 0.29) is 5.91 Å². The van der Waals surface area contributed by atoms with Gasteiger partial charge in [0, 0.05) is 29.6 Å². The number of aromatic nitrogens is 2. The molecule has 1 atom stereocenters. The summed E-state index contributed by atoms with van der Waals surface area (Å²) < 4.78 is 1.86. The normalized spacial score (nSPS) is 11.6. The Kier molecular flexibility index (Phi) is 6.73. The number of carbonyl (C=O) groups excluding carboxylic acids is 2. The minimum Gasteiger partial charge on any atom is -0.334 e. The minimum atomic E-state index is -0.526. The van der Waals surface area contributed by atoms with E-state index in [0.29, 0.717) is 16.7 Å². The second-order valence-corrected chi connectivity index (χ2v) is 7.72. The van der Waals surface area contributed by atoms with Crippen LogP contribution in [0.15, 0.2) is 72.1 Å². The summed E-state index contributed by atoms with van der Waals surface area (Å²) in [5, 5.41) is 5.83. The van der Waals surface area contributed by atoms with Gasteiger partial charge in [0.25, 0.3) is 0 Å². The Morgan fingerprint density at radius 2 is 1.86 bits per heavy atom. The number of halogens is 1. The van der Waals surface area contributed by atoms with Gasteiger partial charge in [-0.2, -0.15) is 0 Å². The number of nitrogens with one attached hydrogen (secondary N) is 2. The quantitative estimate of drug-likeness (QED) is 0.597. The van der Waals surface area contributed by atoms with Crippen LogP contribution in [0.4, 0.5) is 4.79 Å². The highest BCUT2D eigenvalue weighted by Crippen LogP contribution is 2.25. The number of nitrogens with zero attached hydrogens (tertiary/aromatic N) is 2. The summed E-state index contributed by atoms with van der Waals surface area (Å²) in [6.45, 7) is 2.08. The third kappa shape index (κ3) is 5.37. The second kappa shape index (κ2) is 9.43. The number of hydrogen-bond acceptors (Lipinski definition) is 4. The van der Waals surface area contributed by atoms with Crippen LogP contribution in [-0.4, -0.2) is 26.7 Å². The van der Waals surface area contributed by atoms with Crippen LogP contribution in [0.5, 0.6) is 0 Å². The van der Waals surface area contributed by atoms with E-state index in [1.165, 1.54) is 11.8 Å². The molecule has 0 unspecified atom stereocenters. The number of imidazole rings is 1.